The lowest BCUT2D eigenvalue weighted by atomic mass is 9.93. The molecule has 0 aromatic carbocycles. The van der Waals surface area contributed by atoms with Gasteiger partial charge in [-0.05, 0) is 0 Å². The topological polar surface area (TPSA) is 131 Å². The van der Waals surface area contributed by atoms with E-state index < -0.39 is 43.2 Å². The predicted octanol–water partition coefficient (Wildman–Crippen LogP) is -3.47. The molecule has 0 bridgehead atoms. The molecule has 2 unspecified atom stereocenters. The average Bonchev–Trinajstić information content (AvgIpc) is 2.21. The van der Waals surface area contributed by atoms with E-state index >= 15 is 0 Å². The first-order valence-electron chi connectivity index (χ1n) is 4.60. The summed E-state index contributed by atoms with van der Waals surface area (Å²) < 4.78 is 4.76. The third kappa shape index (κ3) is 2.64. The van der Waals surface area contributed by atoms with Crippen molar-refractivity contribution in [3.8, 4) is 0 Å². The molecule has 0 aromatic heterocycles. The Morgan fingerprint density at radius 3 is 2.47 bits per heavy atom. The standard InChI is InChI=1S/C8H16O7/c9-2-4(10)1-8(14)7(13)6(12)5(11)3-15-8/h4-7,9-14H,1-3H2/t4?,5-,6+,7-,8?/m1/s1. The van der Waals surface area contributed by atoms with Crippen molar-refractivity contribution in [3.05, 3.63) is 0 Å². The van der Waals surface area contributed by atoms with Crippen LogP contribution in [-0.2, 0) is 4.74 Å². The van der Waals surface area contributed by atoms with Crippen LogP contribution >= 0.6 is 0 Å². The van der Waals surface area contributed by atoms with Crippen LogP contribution in [0.2, 0.25) is 0 Å². The Morgan fingerprint density at radius 2 is 1.93 bits per heavy atom. The minimum absolute atomic E-state index is 0.354. The molecule has 90 valence electrons. The van der Waals surface area contributed by atoms with Crippen LogP contribution in [0.1, 0.15) is 6.42 Å². The smallest absolute Gasteiger partial charge is 0.197 e. The van der Waals surface area contributed by atoms with Crippen molar-refractivity contribution < 1.29 is 35.4 Å². The van der Waals surface area contributed by atoms with Crippen LogP contribution in [0.15, 0.2) is 0 Å². The van der Waals surface area contributed by atoms with Crippen molar-refractivity contribution in [1.29, 1.82) is 0 Å². The summed E-state index contributed by atoms with van der Waals surface area (Å²) in [6, 6.07) is 0. The minimum Gasteiger partial charge on any atom is -0.394 e. The predicted molar refractivity (Wildman–Crippen MR) is 46.6 cm³/mol. The fraction of sp³-hybridized carbons (Fsp3) is 1.00. The zero-order valence-electron chi connectivity index (χ0n) is 8.02. The van der Waals surface area contributed by atoms with Gasteiger partial charge in [-0.3, -0.25) is 0 Å². The second-order valence-electron chi connectivity index (χ2n) is 3.70. The summed E-state index contributed by atoms with van der Waals surface area (Å²) in [5.41, 5.74) is 0. The van der Waals surface area contributed by atoms with Gasteiger partial charge in [-0.25, -0.2) is 0 Å². The Kier molecular flexibility index (Phi) is 4.01. The van der Waals surface area contributed by atoms with Gasteiger partial charge in [-0.1, -0.05) is 0 Å². The maximum Gasteiger partial charge on any atom is 0.197 e. The number of ether oxygens (including phenoxy) is 1. The highest BCUT2D eigenvalue weighted by Crippen LogP contribution is 2.27. The second-order valence-corrected chi connectivity index (χ2v) is 3.70. The highest BCUT2D eigenvalue weighted by Gasteiger charge is 2.49. The Bertz CT molecular complexity index is 211. The van der Waals surface area contributed by atoms with Crippen LogP contribution < -0.4 is 0 Å². The molecule has 1 saturated heterocycles. The van der Waals surface area contributed by atoms with Crippen LogP contribution in [0.5, 0.6) is 0 Å². The van der Waals surface area contributed by atoms with Gasteiger partial charge in [0.1, 0.15) is 18.3 Å². The summed E-state index contributed by atoms with van der Waals surface area (Å²) in [5, 5.41) is 55.2. The normalized spacial score (nSPS) is 44.0. The zero-order valence-corrected chi connectivity index (χ0v) is 8.02. The summed E-state index contributed by atoms with van der Waals surface area (Å²) in [4.78, 5) is 0. The third-order valence-corrected chi connectivity index (χ3v) is 2.42. The molecule has 1 rings (SSSR count). The van der Waals surface area contributed by atoms with Gasteiger partial charge < -0.3 is 35.4 Å². The van der Waals surface area contributed by atoms with Crippen LogP contribution in [0.3, 0.4) is 0 Å². The molecule has 0 spiro atoms. The van der Waals surface area contributed by atoms with E-state index in [4.69, 9.17) is 20.1 Å². The molecule has 15 heavy (non-hydrogen) atoms. The summed E-state index contributed by atoms with van der Waals surface area (Å²) >= 11 is 0. The second kappa shape index (κ2) is 4.71. The Morgan fingerprint density at radius 1 is 1.33 bits per heavy atom. The number of aliphatic hydroxyl groups is 6. The quantitative estimate of drug-likeness (QED) is 0.293. The van der Waals surface area contributed by atoms with E-state index in [1.54, 1.807) is 0 Å². The monoisotopic (exact) mass is 224 g/mol. The molecule has 1 aliphatic rings. The first kappa shape index (κ1) is 12.8. The van der Waals surface area contributed by atoms with Gasteiger partial charge >= 0.3 is 0 Å². The molecule has 0 amide bonds. The van der Waals surface area contributed by atoms with Crippen molar-refractivity contribution in [3.63, 3.8) is 0 Å². The Labute approximate surface area is 86.2 Å². The first-order valence-corrected chi connectivity index (χ1v) is 4.60. The van der Waals surface area contributed by atoms with Crippen LogP contribution in [0.4, 0.5) is 0 Å². The van der Waals surface area contributed by atoms with Gasteiger partial charge in [-0.15, -0.1) is 0 Å². The van der Waals surface area contributed by atoms with Gasteiger partial charge in [-0.2, -0.15) is 0 Å². The largest absolute Gasteiger partial charge is 0.394 e. The molecule has 0 saturated carbocycles. The minimum atomic E-state index is -2.15. The molecule has 7 nitrogen and oxygen atoms in total. The van der Waals surface area contributed by atoms with Crippen molar-refractivity contribution in [2.24, 2.45) is 0 Å². The van der Waals surface area contributed by atoms with E-state index in [0.717, 1.165) is 0 Å². The molecular formula is C8H16O7. The number of hydrogen-bond acceptors (Lipinski definition) is 7. The average molecular weight is 224 g/mol. The highest BCUT2D eigenvalue weighted by atomic mass is 16.6. The summed E-state index contributed by atoms with van der Waals surface area (Å²) in [6.45, 7) is -0.954. The lowest BCUT2D eigenvalue weighted by Gasteiger charge is -2.42. The molecule has 5 atom stereocenters. The lowest BCUT2D eigenvalue weighted by Crippen LogP contribution is -2.61. The molecule has 1 fully saturated rings. The van der Waals surface area contributed by atoms with Crippen LogP contribution in [0.25, 0.3) is 0 Å². The van der Waals surface area contributed by atoms with Crippen molar-refractivity contribution in [2.75, 3.05) is 13.2 Å². The molecule has 7 heteroatoms. The van der Waals surface area contributed by atoms with E-state index in [1.165, 1.54) is 0 Å². The number of rotatable bonds is 3. The molecule has 0 aliphatic carbocycles. The van der Waals surface area contributed by atoms with Crippen molar-refractivity contribution >= 4 is 0 Å². The van der Waals surface area contributed by atoms with E-state index in [0.29, 0.717) is 0 Å². The summed E-state index contributed by atoms with van der Waals surface area (Å²) in [6.07, 6.45) is -6.29. The van der Waals surface area contributed by atoms with Crippen LogP contribution in [0, 0.1) is 0 Å². The fourth-order valence-corrected chi connectivity index (χ4v) is 1.47. The molecule has 0 radical (unpaired) electrons. The molecule has 1 heterocycles. The molecule has 0 aromatic rings. The number of hydrogen-bond donors (Lipinski definition) is 6. The maximum absolute atomic E-state index is 9.72. The van der Waals surface area contributed by atoms with E-state index in [1.807, 2.05) is 0 Å². The lowest BCUT2D eigenvalue weighted by molar-refractivity contribution is -0.329. The van der Waals surface area contributed by atoms with Gasteiger partial charge in [0.25, 0.3) is 0 Å². The Hall–Kier alpha value is -0.280. The van der Waals surface area contributed by atoms with Crippen molar-refractivity contribution in [1.82, 2.24) is 0 Å². The third-order valence-electron chi connectivity index (χ3n) is 2.42. The highest BCUT2D eigenvalue weighted by molar-refractivity contribution is 4.92. The maximum atomic E-state index is 9.72. The fourth-order valence-electron chi connectivity index (χ4n) is 1.47. The van der Waals surface area contributed by atoms with Gasteiger partial charge in [0.15, 0.2) is 5.79 Å². The van der Waals surface area contributed by atoms with Gasteiger partial charge in [0, 0.05) is 6.42 Å². The van der Waals surface area contributed by atoms with Crippen LogP contribution in [-0.4, -0.2) is 74.1 Å². The molecular weight excluding hydrogens is 208 g/mol. The van der Waals surface area contributed by atoms with E-state index in [9.17, 15) is 15.3 Å². The molecule has 6 N–H and O–H groups in total. The summed E-state index contributed by atoms with van der Waals surface area (Å²) in [7, 11) is 0. The SMILES string of the molecule is OCC(O)CC1(O)OC[C@@H](O)[C@H](O)[C@H]1O. The first-order chi connectivity index (χ1) is 6.90. The molecule has 1 aliphatic heterocycles. The zero-order chi connectivity index (χ0) is 11.6. The van der Waals surface area contributed by atoms with Gasteiger partial charge in [0.05, 0.1) is 19.3 Å². The van der Waals surface area contributed by atoms with Crippen molar-refractivity contribution in [2.45, 2.75) is 36.6 Å². The van der Waals surface area contributed by atoms with Gasteiger partial charge in [0.2, 0.25) is 0 Å². The Balaban J connectivity index is 2.67. The van der Waals surface area contributed by atoms with E-state index in [-0.39, 0.29) is 6.61 Å². The number of aliphatic hydroxyl groups excluding tert-OH is 5. The summed E-state index contributed by atoms with van der Waals surface area (Å²) in [5.74, 6) is -2.15. The van der Waals surface area contributed by atoms with E-state index in [2.05, 4.69) is 0 Å².